The number of rotatable bonds is 9. The summed E-state index contributed by atoms with van der Waals surface area (Å²) in [5.74, 6) is 2.08. The van der Waals surface area contributed by atoms with Crippen LogP contribution < -0.4 is 0 Å². The number of aliphatic hydroxyl groups excluding tert-OH is 1. The highest BCUT2D eigenvalue weighted by Gasteiger charge is 2.50. The molecule has 0 aromatic carbocycles. The van der Waals surface area contributed by atoms with Gasteiger partial charge in [-0.25, -0.2) is 0 Å². The van der Waals surface area contributed by atoms with Crippen molar-refractivity contribution in [2.24, 2.45) is 23.2 Å². The van der Waals surface area contributed by atoms with E-state index in [1.165, 1.54) is 38.5 Å². The van der Waals surface area contributed by atoms with Crippen LogP contribution in [-0.4, -0.2) is 32.6 Å². The van der Waals surface area contributed by atoms with E-state index in [1.807, 2.05) is 13.8 Å². The second kappa shape index (κ2) is 11.0. The molecule has 3 rings (SSSR count). The maximum Gasteiger partial charge on any atom is 0.0918 e. The van der Waals surface area contributed by atoms with Crippen molar-refractivity contribution in [3.8, 4) is 0 Å². The van der Waals surface area contributed by atoms with E-state index in [9.17, 15) is 15.3 Å². The highest BCUT2D eigenvalue weighted by atomic mass is 16.3. The van der Waals surface area contributed by atoms with E-state index in [0.717, 1.165) is 42.7 Å². The fourth-order valence-corrected chi connectivity index (χ4v) is 7.63. The molecule has 0 bridgehead atoms. The Kier molecular flexibility index (Phi) is 8.97. The molecule has 0 radical (unpaired) electrons. The Morgan fingerprint density at radius 1 is 1.21 bits per heavy atom. The average Bonchev–Trinajstić information content (AvgIpc) is 3.10. The van der Waals surface area contributed by atoms with Crippen LogP contribution >= 0.6 is 0 Å². The summed E-state index contributed by atoms with van der Waals surface area (Å²) < 4.78 is 0. The van der Waals surface area contributed by atoms with Crippen molar-refractivity contribution in [1.29, 1.82) is 0 Å². The van der Waals surface area contributed by atoms with Gasteiger partial charge in [0, 0.05) is 6.42 Å². The van der Waals surface area contributed by atoms with Gasteiger partial charge in [0.05, 0.1) is 17.3 Å². The highest BCUT2D eigenvalue weighted by Crippen LogP contribution is 2.60. The molecule has 0 aromatic heterocycles. The molecule has 6 atom stereocenters. The predicted octanol–water partition coefficient (Wildman–Crippen LogP) is 7.27. The lowest BCUT2D eigenvalue weighted by molar-refractivity contribution is -0.000479. The van der Waals surface area contributed by atoms with Crippen LogP contribution in [0, 0.1) is 23.2 Å². The molecule has 0 aliphatic heterocycles. The van der Waals surface area contributed by atoms with Gasteiger partial charge in [0.25, 0.3) is 0 Å². The quantitative estimate of drug-likeness (QED) is 0.331. The fourth-order valence-electron chi connectivity index (χ4n) is 7.63. The van der Waals surface area contributed by atoms with Crippen LogP contribution in [0.15, 0.2) is 35.5 Å². The van der Waals surface area contributed by atoms with E-state index in [-0.39, 0.29) is 0 Å². The van der Waals surface area contributed by atoms with Gasteiger partial charge in [0.2, 0.25) is 0 Å². The van der Waals surface area contributed by atoms with Crippen molar-refractivity contribution in [3.63, 3.8) is 0 Å². The molecule has 0 saturated heterocycles. The predicted molar refractivity (Wildman–Crippen MR) is 143 cm³/mol. The largest absolute Gasteiger partial charge is 0.393 e. The van der Waals surface area contributed by atoms with E-state index in [1.54, 1.807) is 5.57 Å². The van der Waals surface area contributed by atoms with Gasteiger partial charge in [0.1, 0.15) is 0 Å². The summed E-state index contributed by atoms with van der Waals surface area (Å²) in [6.45, 7) is 15.2. The first-order valence-corrected chi connectivity index (χ1v) is 14.1. The van der Waals surface area contributed by atoms with Crippen LogP contribution in [0.2, 0.25) is 0 Å². The first-order valence-electron chi connectivity index (χ1n) is 14.1. The van der Waals surface area contributed by atoms with Crippen molar-refractivity contribution in [2.45, 2.75) is 135 Å². The Hall–Kier alpha value is -0.900. The summed E-state index contributed by atoms with van der Waals surface area (Å²) >= 11 is 0. The minimum absolute atomic E-state index is 0.363. The van der Waals surface area contributed by atoms with Gasteiger partial charge in [-0.15, -0.1) is 0 Å². The SMILES string of the molecule is C=C1/C(=C/C=C2\CCC[C@]3(C)[C@@H]([C@H](C)CCCC(C)(C)O)CC[C@@H]23)C[C@@H](O)C[C@]1(O)CCCC. The van der Waals surface area contributed by atoms with Crippen molar-refractivity contribution in [1.82, 2.24) is 0 Å². The number of fused-ring (bicyclic) bond motifs is 1. The third kappa shape index (κ3) is 6.26. The molecule has 3 heteroatoms. The lowest BCUT2D eigenvalue weighted by Gasteiger charge is -2.44. The fraction of sp³-hybridized carbons (Fsp3) is 0.806. The molecular formula is C31H52O3. The van der Waals surface area contributed by atoms with Crippen LogP contribution in [0.3, 0.4) is 0 Å². The molecule has 0 unspecified atom stereocenters. The van der Waals surface area contributed by atoms with Crippen LogP contribution in [0.25, 0.3) is 0 Å². The molecule has 0 aromatic rings. The number of hydrogen-bond donors (Lipinski definition) is 3. The van der Waals surface area contributed by atoms with Crippen molar-refractivity contribution in [3.05, 3.63) is 35.5 Å². The third-order valence-corrected chi connectivity index (χ3v) is 9.59. The summed E-state index contributed by atoms with van der Waals surface area (Å²) in [6, 6.07) is 0. The zero-order valence-corrected chi connectivity index (χ0v) is 22.7. The van der Waals surface area contributed by atoms with Crippen LogP contribution in [0.5, 0.6) is 0 Å². The van der Waals surface area contributed by atoms with E-state index in [4.69, 9.17) is 0 Å². The first-order chi connectivity index (χ1) is 15.9. The average molecular weight is 473 g/mol. The molecule has 0 heterocycles. The second-order valence-electron chi connectivity index (χ2n) is 12.9. The molecule has 194 valence electrons. The maximum absolute atomic E-state index is 11.2. The highest BCUT2D eigenvalue weighted by molar-refractivity contribution is 5.42. The Bertz CT molecular complexity index is 772. The molecule has 0 amide bonds. The molecule has 3 fully saturated rings. The van der Waals surface area contributed by atoms with Gasteiger partial charge in [-0.05, 0) is 99.5 Å². The topological polar surface area (TPSA) is 60.7 Å². The van der Waals surface area contributed by atoms with Crippen LogP contribution in [-0.2, 0) is 0 Å². The Labute approximate surface area is 209 Å². The van der Waals surface area contributed by atoms with E-state index in [0.29, 0.717) is 36.5 Å². The maximum atomic E-state index is 11.2. The normalized spacial score (nSPS) is 37.9. The number of aliphatic hydroxyl groups is 3. The van der Waals surface area contributed by atoms with E-state index >= 15 is 0 Å². The van der Waals surface area contributed by atoms with Gasteiger partial charge in [-0.3, -0.25) is 0 Å². The zero-order chi connectivity index (χ0) is 25.1. The Balaban J connectivity index is 1.73. The van der Waals surface area contributed by atoms with Crippen LogP contribution in [0.4, 0.5) is 0 Å². The minimum atomic E-state index is -0.962. The molecule has 3 nitrogen and oxygen atoms in total. The Morgan fingerprint density at radius 2 is 1.94 bits per heavy atom. The molecule has 3 aliphatic carbocycles. The van der Waals surface area contributed by atoms with Gasteiger partial charge < -0.3 is 15.3 Å². The summed E-state index contributed by atoms with van der Waals surface area (Å²) in [7, 11) is 0. The summed E-state index contributed by atoms with van der Waals surface area (Å²) in [5, 5.41) is 31.8. The monoisotopic (exact) mass is 472 g/mol. The number of unbranched alkanes of at least 4 members (excludes halogenated alkanes) is 1. The minimum Gasteiger partial charge on any atom is -0.393 e. The molecule has 34 heavy (non-hydrogen) atoms. The number of hydrogen-bond acceptors (Lipinski definition) is 3. The van der Waals surface area contributed by atoms with Crippen molar-refractivity contribution < 1.29 is 15.3 Å². The van der Waals surface area contributed by atoms with Gasteiger partial charge in [-0.1, -0.05) is 70.8 Å². The van der Waals surface area contributed by atoms with Gasteiger partial charge >= 0.3 is 0 Å². The van der Waals surface area contributed by atoms with E-state index in [2.05, 4.69) is 39.5 Å². The molecular weight excluding hydrogens is 420 g/mol. The smallest absolute Gasteiger partial charge is 0.0918 e. The molecule has 3 N–H and O–H groups in total. The zero-order valence-electron chi connectivity index (χ0n) is 22.7. The van der Waals surface area contributed by atoms with Crippen molar-refractivity contribution >= 4 is 0 Å². The van der Waals surface area contributed by atoms with Gasteiger partial charge in [-0.2, -0.15) is 0 Å². The number of allylic oxidation sites excluding steroid dienone is 3. The summed E-state index contributed by atoms with van der Waals surface area (Å²) in [5.41, 5.74) is 2.27. The van der Waals surface area contributed by atoms with Crippen molar-refractivity contribution in [2.75, 3.05) is 0 Å². The molecule has 3 saturated carbocycles. The molecule has 3 aliphatic rings. The van der Waals surface area contributed by atoms with E-state index < -0.39 is 17.3 Å². The lowest BCUT2D eigenvalue weighted by Crippen LogP contribution is -2.40. The molecule has 0 spiro atoms. The Morgan fingerprint density at radius 3 is 2.62 bits per heavy atom. The lowest BCUT2D eigenvalue weighted by atomic mass is 9.60. The first kappa shape index (κ1) is 27.7. The summed E-state index contributed by atoms with van der Waals surface area (Å²) in [6.07, 6.45) is 17.2. The summed E-state index contributed by atoms with van der Waals surface area (Å²) in [4.78, 5) is 0. The van der Waals surface area contributed by atoms with Gasteiger partial charge in [0.15, 0.2) is 0 Å². The van der Waals surface area contributed by atoms with Crippen LogP contribution in [0.1, 0.15) is 118 Å². The second-order valence-corrected chi connectivity index (χ2v) is 12.9. The standard InChI is InChI=1S/C31H52O3/c1-7-8-19-31(34)21-26(32)20-25(23(31)3)14-13-24-12-10-18-30(6)27(15-16-28(24)30)22(2)11-9-17-29(4,5)33/h13-14,22,26-28,32-34H,3,7-12,15-21H2,1-2,4-6H3/b24-13+,25-14+/t22-,26-,27-,28+,30-,31-/m1/s1. The third-order valence-electron chi connectivity index (χ3n) is 9.59.